The van der Waals surface area contributed by atoms with Gasteiger partial charge in [-0.2, -0.15) is 0 Å². The first kappa shape index (κ1) is 45.4. The van der Waals surface area contributed by atoms with Crippen LogP contribution in [-0.2, 0) is 0 Å². The maximum atomic E-state index is 2.56. The summed E-state index contributed by atoms with van der Waals surface area (Å²) in [4.78, 5) is 10.1. The number of nitrogens with zero attached hydrogens (tertiary/aromatic N) is 2. The molecule has 0 atom stereocenters. The van der Waals surface area contributed by atoms with E-state index in [2.05, 4.69) is 277 Å². The summed E-state index contributed by atoms with van der Waals surface area (Å²) >= 11 is 3.73. The van der Waals surface area contributed by atoms with Crippen molar-refractivity contribution in [2.75, 3.05) is 9.80 Å². The zero-order chi connectivity index (χ0) is 53.3. The molecule has 0 saturated heterocycles. The number of benzene rings is 13. The summed E-state index contributed by atoms with van der Waals surface area (Å²) < 4.78 is 0. The summed E-state index contributed by atoms with van der Waals surface area (Å²) in [5.74, 6) is 0.423. The molecule has 382 valence electrons. The fourth-order valence-electron chi connectivity index (χ4n) is 15.9. The first-order chi connectivity index (χ1) is 40.7. The molecule has 0 aromatic heterocycles. The first-order valence-electron chi connectivity index (χ1n) is 28.7. The van der Waals surface area contributed by atoms with Crippen LogP contribution in [0.5, 0.6) is 0 Å². The van der Waals surface area contributed by atoms with E-state index in [4.69, 9.17) is 0 Å². The summed E-state index contributed by atoms with van der Waals surface area (Å²) in [6.45, 7) is 0. The Morgan fingerprint density at radius 2 is 0.512 bits per heavy atom. The highest BCUT2D eigenvalue weighted by Gasteiger charge is 2.45. The smallest absolute Gasteiger partial charge is 0.0601 e. The van der Waals surface area contributed by atoms with Crippen molar-refractivity contribution in [3.8, 4) is 22.3 Å². The molecule has 13 aromatic carbocycles. The maximum Gasteiger partial charge on any atom is 0.0601 e. The monoisotopic (exact) mass is 1080 g/mol. The van der Waals surface area contributed by atoms with Crippen molar-refractivity contribution >= 4 is 79.2 Å². The predicted octanol–water partition coefficient (Wildman–Crippen LogP) is 21.2. The lowest BCUT2D eigenvalue weighted by molar-refractivity contribution is 0.756. The van der Waals surface area contributed by atoms with Crippen LogP contribution in [0, 0.1) is 0 Å². The normalized spacial score (nSPS) is 17.6. The van der Waals surface area contributed by atoms with Crippen LogP contribution in [-0.4, -0.2) is 0 Å². The van der Waals surface area contributed by atoms with Crippen LogP contribution in [0.1, 0.15) is 90.4 Å². The van der Waals surface area contributed by atoms with Gasteiger partial charge in [-0.1, -0.05) is 218 Å². The van der Waals surface area contributed by atoms with Crippen molar-refractivity contribution in [3.05, 3.63) is 334 Å². The molecule has 0 fully saturated rings. The fourth-order valence-corrected chi connectivity index (χ4v) is 18.0. The average Bonchev–Trinajstić information content (AvgIpc) is 2.73. The molecule has 0 N–H and O–H groups in total. The third-order valence-corrected chi connectivity index (χ3v) is 21.2. The van der Waals surface area contributed by atoms with Crippen LogP contribution < -0.4 is 9.80 Å². The van der Waals surface area contributed by atoms with Crippen LogP contribution >= 0.6 is 23.5 Å². The minimum atomic E-state index is 0.0735. The Labute approximate surface area is 485 Å². The largest absolute Gasteiger partial charge is 0.308 e. The molecule has 0 unspecified atom stereocenters. The SMILES string of the molecule is c1ccc2c(c1)Sc1ccccc1N2c1ccc2c(-c3cccc4c3C3c5ccccc5C4c4ccccc43)c3cc(N4c5ccccc5Sc5ccccc54)ccc3c(-c3cccc4c3C3c5ccccc5C4c4ccccc43)c2c1. The van der Waals surface area contributed by atoms with Gasteiger partial charge in [-0.05, 0) is 183 Å². The van der Waals surface area contributed by atoms with Gasteiger partial charge in [0.1, 0.15) is 0 Å². The van der Waals surface area contributed by atoms with E-state index in [1.165, 1.54) is 153 Å². The van der Waals surface area contributed by atoms with Gasteiger partial charge in [0.05, 0.1) is 22.7 Å². The number of rotatable bonds is 4. The Morgan fingerprint density at radius 3 is 0.841 bits per heavy atom. The average molecular weight is 1080 g/mol. The summed E-state index contributed by atoms with van der Waals surface area (Å²) in [6.07, 6.45) is 0. The van der Waals surface area contributed by atoms with Crippen molar-refractivity contribution in [3.63, 3.8) is 0 Å². The lowest BCUT2D eigenvalue weighted by Crippen LogP contribution is -2.28. The van der Waals surface area contributed by atoms with Gasteiger partial charge >= 0.3 is 0 Å². The van der Waals surface area contributed by atoms with Gasteiger partial charge in [0, 0.05) is 54.6 Å². The van der Waals surface area contributed by atoms with Crippen LogP contribution in [0.3, 0.4) is 0 Å². The molecule has 0 spiro atoms. The molecule has 13 aromatic rings. The summed E-state index contributed by atoms with van der Waals surface area (Å²) in [7, 11) is 0. The molecule has 0 amide bonds. The number of para-hydroxylation sites is 4. The third kappa shape index (κ3) is 6.13. The summed E-state index contributed by atoms with van der Waals surface area (Å²) in [5, 5.41) is 5.01. The Balaban J connectivity index is 0.967. The molecular weight excluding hydrogens is 1030 g/mol. The van der Waals surface area contributed by atoms with Crippen LogP contribution in [0.2, 0.25) is 0 Å². The second-order valence-corrected chi connectivity index (χ2v) is 25.0. The van der Waals surface area contributed by atoms with Crippen molar-refractivity contribution < 1.29 is 0 Å². The molecule has 4 bridgehead atoms. The number of hydrogen-bond acceptors (Lipinski definition) is 4. The van der Waals surface area contributed by atoms with Gasteiger partial charge < -0.3 is 9.80 Å². The summed E-state index contributed by atoms with van der Waals surface area (Å²) in [5.41, 5.74) is 29.4. The molecule has 2 heterocycles. The molecule has 82 heavy (non-hydrogen) atoms. The van der Waals surface area contributed by atoms with E-state index in [0.29, 0.717) is 0 Å². The van der Waals surface area contributed by atoms with Gasteiger partial charge in [0.25, 0.3) is 0 Å². The molecule has 6 aliphatic carbocycles. The third-order valence-electron chi connectivity index (χ3n) is 19.0. The van der Waals surface area contributed by atoms with Crippen molar-refractivity contribution in [2.45, 2.75) is 43.3 Å². The zero-order valence-electron chi connectivity index (χ0n) is 44.4. The summed E-state index contributed by atoms with van der Waals surface area (Å²) in [6, 6.07) is 102. The molecule has 2 aliphatic heterocycles. The van der Waals surface area contributed by atoms with Gasteiger partial charge in [0.15, 0.2) is 0 Å². The first-order valence-corrected chi connectivity index (χ1v) is 30.3. The molecule has 8 aliphatic rings. The second kappa shape index (κ2) is 17.1. The Hall–Kier alpha value is -9.32. The number of anilines is 6. The Kier molecular flexibility index (Phi) is 9.47. The molecule has 0 saturated carbocycles. The quantitative estimate of drug-likeness (QED) is 0.162. The Bertz CT molecular complexity index is 4460. The van der Waals surface area contributed by atoms with Crippen LogP contribution in [0.4, 0.5) is 34.1 Å². The van der Waals surface area contributed by atoms with Crippen molar-refractivity contribution in [1.82, 2.24) is 0 Å². The standard InChI is InChI=1S/C78H48N2S2/c1-5-23-51-47(19-1)71-48-20-2-6-24-52(48)75(51)77-57(71)27-17-29-59(77)73-55-41-39-46(80-65-33-11-15-37-69(65)82-70-38-16-12-34-66(70)80)44-62(55)74(56-42-40-45(43-61(56)73)79-63-31-9-13-35-67(63)81-68-36-14-10-32-64(68)79)60-30-18-28-58-72-49-21-3-7-25-53(49)76(78(58)60)54-26-8-4-22-50(54)72/h1-44,71-72,75-76H. The van der Waals surface area contributed by atoms with E-state index < -0.39 is 0 Å². The molecule has 0 radical (unpaired) electrons. The van der Waals surface area contributed by atoms with E-state index in [9.17, 15) is 0 Å². The van der Waals surface area contributed by atoms with E-state index in [0.717, 1.165) is 11.4 Å². The van der Waals surface area contributed by atoms with Crippen molar-refractivity contribution in [1.29, 1.82) is 0 Å². The van der Waals surface area contributed by atoms with E-state index in [-0.39, 0.29) is 23.7 Å². The zero-order valence-corrected chi connectivity index (χ0v) is 46.1. The highest BCUT2D eigenvalue weighted by atomic mass is 32.2. The van der Waals surface area contributed by atoms with Gasteiger partial charge in [-0.3, -0.25) is 0 Å². The Morgan fingerprint density at radius 1 is 0.232 bits per heavy atom. The maximum absolute atomic E-state index is 2.56. The molecule has 2 nitrogen and oxygen atoms in total. The predicted molar refractivity (Wildman–Crippen MR) is 339 cm³/mol. The van der Waals surface area contributed by atoms with Crippen LogP contribution in [0.15, 0.2) is 287 Å². The van der Waals surface area contributed by atoms with E-state index in [1.807, 2.05) is 23.5 Å². The lowest BCUT2D eigenvalue weighted by atomic mass is 9.59. The van der Waals surface area contributed by atoms with Crippen molar-refractivity contribution in [2.24, 2.45) is 0 Å². The fraction of sp³-hybridized carbons (Fsp3) is 0.0513. The molecular formula is C78H48N2S2. The molecule has 21 rings (SSSR count). The van der Waals surface area contributed by atoms with Gasteiger partial charge in [0.2, 0.25) is 0 Å². The van der Waals surface area contributed by atoms with Gasteiger partial charge in [-0.15, -0.1) is 0 Å². The van der Waals surface area contributed by atoms with Crippen LogP contribution in [0.25, 0.3) is 43.8 Å². The molecule has 4 heteroatoms. The lowest BCUT2D eigenvalue weighted by Gasteiger charge is -2.43. The van der Waals surface area contributed by atoms with E-state index in [1.54, 1.807) is 0 Å². The topological polar surface area (TPSA) is 6.48 Å². The number of hydrogen-bond donors (Lipinski definition) is 0. The highest BCUT2D eigenvalue weighted by Crippen LogP contribution is 2.63. The minimum Gasteiger partial charge on any atom is -0.308 e. The van der Waals surface area contributed by atoms with E-state index >= 15 is 0 Å². The highest BCUT2D eigenvalue weighted by molar-refractivity contribution is 8.00. The van der Waals surface area contributed by atoms with Gasteiger partial charge in [-0.25, -0.2) is 0 Å². The minimum absolute atomic E-state index is 0.0735. The second-order valence-electron chi connectivity index (χ2n) is 22.8. The number of fused-ring (bicyclic) bond motifs is 6.